The van der Waals surface area contributed by atoms with Gasteiger partial charge in [-0.2, -0.15) is 0 Å². The van der Waals surface area contributed by atoms with E-state index in [1.165, 1.54) is 0 Å². The Kier molecular flexibility index (Phi) is 2.55. The Balaban J connectivity index is 1.92. The van der Waals surface area contributed by atoms with E-state index >= 15 is 0 Å². The van der Waals surface area contributed by atoms with Gasteiger partial charge in [0.2, 0.25) is 0 Å². The molecule has 13 nitrogen and oxygen atoms in total. The van der Waals surface area contributed by atoms with Crippen LogP contribution >= 0.6 is 0 Å². The van der Waals surface area contributed by atoms with Crippen molar-refractivity contribution < 1.29 is 9.68 Å². The Morgan fingerprint density at radius 2 is 1.62 bits per heavy atom. The highest BCUT2D eigenvalue weighted by atomic mass is 17.0. The molecule has 0 spiro atoms. The third-order valence-electron chi connectivity index (χ3n) is 2.40. The summed E-state index contributed by atoms with van der Waals surface area (Å²) in [6.07, 6.45) is 0. The van der Waals surface area contributed by atoms with Gasteiger partial charge in [0.05, 0.1) is 0 Å². The van der Waals surface area contributed by atoms with E-state index in [0.29, 0.717) is 5.34 Å². The topological polar surface area (TPSA) is 191 Å². The van der Waals surface area contributed by atoms with Gasteiger partial charge in [-0.25, -0.2) is 15.0 Å². The lowest BCUT2D eigenvalue weighted by atomic mass is 10.5. The fourth-order valence-corrected chi connectivity index (χ4v) is 1.50. The minimum absolute atomic E-state index is 0.139. The number of hydrogen-bond donors (Lipinski definition) is 6. The summed E-state index contributed by atoms with van der Waals surface area (Å²) in [7, 11) is 0. The molecule has 7 N–H and O–H groups in total. The van der Waals surface area contributed by atoms with Crippen molar-refractivity contribution in [3.05, 3.63) is 41.7 Å². The summed E-state index contributed by atoms with van der Waals surface area (Å²) in [5.74, 6) is -0.627. The van der Waals surface area contributed by atoms with Gasteiger partial charge in [-0.05, 0) is 0 Å². The summed E-state index contributed by atoms with van der Waals surface area (Å²) >= 11 is 0. The molecule has 0 saturated carbocycles. The van der Waals surface area contributed by atoms with Crippen molar-refractivity contribution in [2.24, 2.45) is 0 Å². The van der Waals surface area contributed by atoms with Crippen molar-refractivity contribution in [2.45, 2.75) is 0 Å². The van der Waals surface area contributed by atoms with Crippen molar-refractivity contribution in [1.29, 1.82) is 0 Å². The van der Waals surface area contributed by atoms with E-state index in [2.05, 4.69) is 15.4 Å². The van der Waals surface area contributed by atoms with Crippen molar-refractivity contribution in [2.75, 3.05) is 11.2 Å². The summed E-state index contributed by atoms with van der Waals surface area (Å²) in [4.78, 5) is 63.0. The smallest absolute Gasteiger partial charge is 0.328 e. The molecule has 0 aliphatic carbocycles. The van der Waals surface area contributed by atoms with E-state index in [0.717, 1.165) is 0 Å². The maximum absolute atomic E-state index is 11.5. The number of aromatic nitrogens is 4. The van der Waals surface area contributed by atoms with Crippen LogP contribution in [0.15, 0.2) is 19.2 Å². The van der Waals surface area contributed by atoms with Gasteiger partial charge in [-0.15, -0.1) is 0 Å². The highest BCUT2D eigenvalue weighted by molar-refractivity contribution is 5.51. The number of nitrogen functional groups attached to an aromatic ring is 1. The highest BCUT2D eigenvalue weighted by Crippen LogP contribution is 2.24. The van der Waals surface area contributed by atoms with Gasteiger partial charge in [0.25, 0.3) is 22.9 Å². The van der Waals surface area contributed by atoms with Gasteiger partial charge in [0.15, 0.2) is 11.4 Å². The third-order valence-corrected chi connectivity index (χ3v) is 2.40. The van der Waals surface area contributed by atoms with Crippen molar-refractivity contribution in [3.63, 3.8) is 0 Å². The highest BCUT2D eigenvalue weighted by Gasteiger charge is 2.27. The molecule has 1 aliphatic rings. The van der Waals surface area contributed by atoms with Crippen LogP contribution in [0.1, 0.15) is 0 Å². The van der Waals surface area contributed by atoms with E-state index in [1.54, 1.807) is 0 Å². The van der Waals surface area contributed by atoms with Crippen LogP contribution in [0.25, 0.3) is 0 Å². The number of hydrogen-bond acceptors (Lipinski definition) is 9. The number of nitrogens with zero attached hydrogens (tertiary/aromatic N) is 1. The first-order valence-corrected chi connectivity index (χ1v) is 5.35. The van der Waals surface area contributed by atoms with Gasteiger partial charge in [-0.3, -0.25) is 29.5 Å². The number of anilines is 2. The first-order chi connectivity index (χ1) is 9.94. The molecular formula is C8H7N7O6. The van der Waals surface area contributed by atoms with Crippen LogP contribution < -0.4 is 43.3 Å². The van der Waals surface area contributed by atoms with Gasteiger partial charge in [0.1, 0.15) is 5.34 Å². The second kappa shape index (κ2) is 4.27. The lowest BCUT2D eigenvalue weighted by Gasteiger charge is -2.13. The largest absolute Gasteiger partial charge is 0.390 e. The summed E-state index contributed by atoms with van der Waals surface area (Å²) < 4.78 is 0. The fourth-order valence-electron chi connectivity index (χ4n) is 1.50. The summed E-state index contributed by atoms with van der Waals surface area (Å²) in [5, 5.41) is 0.525. The van der Waals surface area contributed by atoms with Crippen LogP contribution in [-0.2, 0) is 0 Å². The first kappa shape index (κ1) is 12.5. The van der Waals surface area contributed by atoms with E-state index in [1.807, 2.05) is 9.97 Å². The molecule has 3 heterocycles. The average Bonchev–Trinajstić information content (AvgIpc) is 2.78. The van der Waals surface area contributed by atoms with Crippen molar-refractivity contribution in [3.8, 4) is 11.8 Å². The molecule has 3 rings (SSSR count). The molecule has 21 heavy (non-hydrogen) atoms. The van der Waals surface area contributed by atoms with E-state index < -0.39 is 34.1 Å². The van der Waals surface area contributed by atoms with Crippen LogP contribution in [0.5, 0.6) is 11.8 Å². The standard InChI is InChI=1S/C8H7N7O6/c9-1-3(16)10-7(18)12-5(1)20-15-14-2-4(17)11-8(19)13-6(2)21-15/h14H,9H2,(H2,10,12,16,18)(H2,11,13,17,19). The van der Waals surface area contributed by atoms with Crippen LogP contribution in [-0.4, -0.2) is 25.3 Å². The molecule has 2 aromatic heterocycles. The molecule has 1 aliphatic heterocycles. The van der Waals surface area contributed by atoms with E-state index in [9.17, 15) is 19.2 Å². The number of rotatable bonds is 2. The Labute approximate surface area is 112 Å². The maximum Gasteiger partial charge on any atom is 0.328 e. The molecule has 2 aromatic rings. The normalized spacial score (nSPS) is 13.3. The quantitative estimate of drug-likeness (QED) is 0.334. The van der Waals surface area contributed by atoms with E-state index in [-0.39, 0.29) is 11.6 Å². The summed E-state index contributed by atoms with van der Waals surface area (Å²) in [6, 6.07) is 0. The van der Waals surface area contributed by atoms with Crippen LogP contribution in [0, 0.1) is 0 Å². The number of H-pyrrole nitrogens is 4. The number of nitrogens with one attached hydrogen (secondary N) is 5. The predicted molar refractivity (Wildman–Crippen MR) is 66.5 cm³/mol. The van der Waals surface area contributed by atoms with Gasteiger partial charge >= 0.3 is 11.4 Å². The fraction of sp³-hybridized carbons (Fsp3) is 0. The second-order valence-electron chi connectivity index (χ2n) is 3.81. The Bertz CT molecular complexity index is 936. The lowest BCUT2D eigenvalue weighted by Crippen LogP contribution is -2.35. The third kappa shape index (κ3) is 2.12. The maximum atomic E-state index is 11.5. The number of fused-ring (bicyclic) bond motifs is 1. The van der Waals surface area contributed by atoms with Crippen LogP contribution in [0.4, 0.5) is 11.4 Å². The molecule has 0 aromatic carbocycles. The molecule has 0 atom stereocenters. The van der Waals surface area contributed by atoms with Gasteiger partial charge in [-0.1, -0.05) is 0 Å². The summed E-state index contributed by atoms with van der Waals surface area (Å²) in [5.41, 5.74) is 3.93. The first-order valence-electron chi connectivity index (χ1n) is 5.35. The number of nitrogens with two attached hydrogens (primary N) is 1. The Morgan fingerprint density at radius 3 is 2.38 bits per heavy atom. The lowest BCUT2D eigenvalue weighted by molar-refractivity contribution is -0.228. The van der Waals surface area contributed by atoms with Gasteiger partial charge in [0, 0.05) is 0 Å². The van der Waals surface area contributed by atoms with Crippen LogP contribution in [0.2, 0.25) is 0 Å². The molecule has 0 unspecified atom stereocenters. The molecule has 0 radical (unpaired) electrons. The predicted octanol–water partition coefficient (Wildman–Crippen LogP) is -3.05. The monoisotopic (exact) mass is 297 g/mol. The SMILES string of the molecule is Nc1c(ON2Nc3c([nH]c(=O)[nH]c3=O)O2)[nH]c(=O)[nH]c1=O. The minimum Gasteiger partial charge on any atom is -0.390 e. The molecule has 0 saturated heterocycles. The molecule has 110 valence electrons. The van der Waals surface area contributed by atoms with Crippen LogP contribution in [0.3, 0.4) is 0 Å². The molecule has 0 fully saturated rings. The number of aromatic amines is 4. The van der Waals surface area contributed by atoms with E-state index in [4.69, 9.17) is 15.4 Å². The zero-order valence-corrected chi connectivity index (χ0v) is 9.97. The zero-order valence-electron chi connectivity index (χ0n) is 9.97. The zero-order chi connectivity index (χ0) is 15.1. The second-order valence-corrected chi connectivity index (χ2v) is 3.81. The average molecular weight is 297 g/mol. The molecule has 0 amide bonds. The van der Waals surface area contributed by atoms with Gasteiger partial charge < -0.3 is 15.4 Å². The Morgan fingerprint density at radius 1 is 0.952 bits per heavy atom. The summed E-state index contributed by atoms with van der Waals surface area (Å²) in [6.45, 7) is 0. The molecule has 0 bridgehead atoms. The number of hydrazine groups is 1. The van der Waals surface area contributed by atoms with Crippen molar-refractivity contribution >= 4 is 11.4 Å². The Hall–Kier alpha value is -3.48. The molecule has 13 heteroatoms. The van der Waals surface area contributed by atoms with Crippen molar-refractivity contribution in [1.82, 2.24) is 25.3 Å². The minimum atomic E-state index is -0.864. The molecular weight excluding hydrogens is 290 g/mol.